The highest BCUT2D eigenvalue weighted by Gasteiger charge is 2.27. The number of aryl methyl sites for hydroxylation is 10. The van der Waals surface area contributed by atoms with Crippen LogP contribution in [0.2, 0.25) is 0 Å². The molecule has 106 heavy (non-hydrogen) atoms. The number of fused-ring (bicyclic) bond motifs is 12. The van der Waals surface area contributed by atoms with Crippen molar-refractivity contribution in [3.63, 3.8) is 0 Å². The van der Waals surface area contributed by atoms with Crippen molar-refractivity contribution < 1.29 is 35.9 Å². The van der Waals surface area contributed by atoms with Crippen molar-refractivity contribution in [1.29, 1.82) is 0 Å². The monoisotopic (exact) mass is 1410 g/mol. The predicted molar refractivity (Wildman–Crippen MR) is 435 cm³/mol. The highest BCUT2D eigenvalue weighted by molar-refractivity contribution is 6.12. The lowest BCUT2D eigenvalue weighted by Gasteiger charge is -2.08. The third-order valence-corrected chi connectivity index (χ3v) is 21.0. The molecule has 0 aliphatic carbocycles. The summed E-state index contributed by atoms with van der Waals surface area (Å²) < 4.78 is 34.0. The fourth-order valence-electron chi connectivity index (χ4n) is 14.7. The van der Waals surface area contributed by atoms with Gasteiger partial charge in [-0.3, -0.25) is 0 Å². The Hall–Kier alpha value is -10.7. The van der Waals surface area contributed by atoms with Crippen molar-refractivity contribution in [2.24, 2.45) is 34.1 Å². The molecule has 540 valence electrons. The summed E-state index contributed by atoms with van der Waals surface area (Å²) in [6.45, 7) is 39.2. The molecule has 0 N–H and O–H groups in total. The molecule has 0 spiro atoms. The molecule has 16 aromatic rings. The summed E-state index contributed by atoms with van der Waals surface area (Å²) in [5.74, 6) is 2.99. The van der Waals surface area contributed by atoms with Crippen molar-refractivity contribution in [3.8, 4) is 45.0 Å². The van der Waals surface area contributed by atoms with Gasteiger partial charge in [-0.25, -0.2) is 38.2 Å². The van der Waals surface area contributed by atoms with Crippen molar-refractivity contribution >= 4 is 88.3 Å². The number of furan rings is 4. The van der Waals surface area contributed by atoms with Gasteiger partial charge in [-0.15, -0.1) is 0 Å². The van der Waals surface area contributed by atoms with Crippen LogP contribution in [0.5, 0.6) is 0 Å². The predicted octanol–water partition coefficient (Wildman–Crippen LogP) is 22.8. The standard InChI is InChI=1S/C25H29N2O.C24H27N2O.C23H25N2O.C22H23N2O/c1-15(2)13-19-9-11-21-20-10-7-17(5)23(24(20)28-25(21)26-19)22-12-8-18(16(3)4)14-27(22)6;1-14(2)17-8-12-21(26(6)13-17)22-16(5)7-9-18-19-10-11-20(15(3)4)25-24(19)27-23(18)22;1-6-17-9-11-19-18-10-7-15(4)21(22(18)26-23(19)24-17)20-12-8-16(14(2)3)13-25(20)5;1-13(2)16-8-11-19(24(5)12-16)20-14(3)6-9-17-18-10-7-15(4)23-22(18)25-21(17)20/h7-12,14-16H,13H2,1-6H3;7-15H,1-6H3;7-14H,6H2,1-5H3;6-13H,1-5H3/q4*+1. The lowest BCUT2D eigenvalue weighted by Crippen LogP contribution is -2.31. The van der Waals surface area contributed by atoms with E-state index in [0.29, 0.717) is 41.2 Å². The Bertz CT molecular complexity index is 6010. The minimum absolute atomic E-state index is 0.380. The second-order valence-electron chi connectivity index (χ2n) is 31.2. The molecule has 0 aliphatic rings. The Morgan fingerprint density at radius 1 is 0.292 bits per heavy atom. The molecule has 0 radical (unpaired) electrons. The maximum atomic E-state index is 6.35. The normalized spacial score (nSPS) is 11.9. The Morgan fingerprint density at radius 3 is 0.877 bits per heavy atom. The summed E-state index contributed by atoms with van der Waals surface area (Å²) in [6.07, 6.45) is 10.7. The van der Waals surface area contributed by atoms with Gasteiger partial charge in [0, 0.05) is 112 Å². The van der Waals surface area contributed by atoms with Gasteiger partial charge in [-0.05, 0) is 178 Å². The maximum Gasteiger partial charge on any atom is 0.227 e. The highest BCUT2D eigenvalue weighted by Crippen LogP contribution is 2.42. The van der Waals surface area contributed by atoms with E-state index < -0.39 is 0 Å². The molecule has 0 aliphatic heterocycles. The van der Waals surface area contributed by atoms with E-state index in [1.54, 1.807) is 0 Å². The molecule has 12 nitrogen and oxygen atoms in total. The number of pyridine rings is 8. The number of hydrogen-bond donors (Lipinski definition) is 0. The first-order valence-corrected chi connectivity index (χ1v) is 37.9. The van der Waals surface area contributed by atoms with Gasteiger partial charge < -0.3 is 17.7 Å². The molecule has 12 heterocycles. The molecule has 0 saturated heterocycles. The summed E-state index contributed by atoms with van der Waals surface area (Å²) in [6, 6.07) is 51.9. The largest absolute Gasteiger partial charge is 0.437 e. The molecule has 0 amide bonds. The second-order valence-corrected chi connectivity index (χ2v) is 31.2. The molecule has 0 saturated carbocycles. The molecular weight excluding hydrogens is 1310 g/mol. The number of aromatic nitrogens is 8. The quantitative estimate of drug-likeness (QED) is 0.111. The van der Waals surface area contributed by atoms with Crippen LogP contribution in [-0.2, 0) is 41.0 Å². The van der Waals surface area contributed by atoms with Crippen LogP contribution in [0.1, 0.15) is 187 Å². The minimum Gasteiger partial charge on any atom is -0.437 e. The molecule has 12 heteroatoms. The van der Waals surface area contributed by atoms with E-state index >= 15 is 0 Å². The van der Waals surface area contributed by atoms with Crippen molar-refractivity contribution in [3.05, 3.63) is 238 Å². The van der Waals surface area contributed by atoms with Crippen LogP contribution in [0, 0.1) is 40.5 Å². The molecule has 16 rings (SSSR count). The average Bonchev–Trinajstić information content (AvgIpc) is 1.59. The van der Waals surface area contributed by atoms with Gasteiger partial charge in [-0.1, -0.05) is 139 Å². The van der Waals surface area contributed by atoms with Crippen molar-refractivity contribution in [1.82, 2.24) is 19.9 Å². The zero-order chi connectivity index (χ0) is 75.4. The fraction of sp³-hybridized carbons (Fsp3) is 0.319. The van der Waals surface area contributed by atoms with Gasteiger partial charge in [0.1, 0.15) is 28.2 Å². The summed E-state index contributed by atoms with van der Waals surface area (Å²) >= 11 is 0. The van der Waals surface area contributed by atoms with Gasteiger partial charge >= 0.3 is 0 Å². The lowest BCUT2D eigenvalue weighted by atomic mass is 9.99. The molecule has 0 unspecified atom stereocenters. The second kappa shape index (κ2) is 30.0. The van der Waals surface area contributed by atoms with E-state index in [4.69, 9.17) is 27.6 Å². The summed E-state index contributed by atoms with van der Waals surface area (Å²) in [7, 11) is 8.43. The van der Waals surface area contributed by atoms with E-state index in [2.05, 4.69) is 338 Å². The molecule has 0 bridgehead atoms. The van der Waals surface area contributed by atoms with E-state index in [1.165, 1.54) is 44.5 Å². The van der Waals surface area contributed by atoms with Crippen LogP contribution >= 0.6 is 0 Å². The molecule has 4 aromatic carbocycles. The first-order chi connectivity index (χ1) is 50.7. The Kier molecular flexibility index (Phi) is 20.8. The van der Waals surface area contributed by atoms with E-state index in [-0.39, 0.29) is 0 Å². The zero-order valence-corrected chi connectivity index (χ0v) is 66.3. The van der Waals surface area contributed by atoms with E-state index in [0.717, 1.165) is 163 Å². The number of rotatable bonds is 12. The Labute approximate surface area is 624 Å². The third kappa shape index (κ3) is 14.3. The SMILES string of the molecule is CCc1ccc2c(n1)oc1c(-c3ccc(C(C)C)c[n+]3C)c(C)ccc12.Cc1ccc2c(n1)oc1c(-c3ccc(C(C)C)c[n+]3C)c(C)ccc12.Cc1ccc2c(oc3nc(C(C)C)ccc32)c1-c1ccc(C(C)C)c[n+]1C.Cc1ccc2c(oc3nc(CC(C)C)ccc32)c1-c1ccc(C(C)C)c[n+]1C. The van der Waals surface area contributed by atoms with Gasteiger partial charge in [0.05, 0.1) is 22.3 Å². The van der Waals surface area contributed by atoms with Crippen LogP contribution in [-0.4, -0.2) is 19.9 Å². The van der Waals surface area contributed by atoms with E-state index in [9.17, 15) is 0 Å². The van der Waals surface area contributed by atoms with Gasteiger partial charge in [-0.2, -0.15) is 0 Å². The Morgan fingerprint density at radius 2 is 0.575 bits per heavy atom. The summed E-state index contributed by atoms with van der Waals surface area (Å²) in [4.78, 5) is 18.8. The van der Waals surface area contributed by atoms with Crippen LogP contribution in [0.15, 0.2) is 188 Å². The number of nitrogens with zero attached hydrogens (tertiary/aromatic N) is 8. The first-order valence-electron chi connectivity index (χ1n) is 37.9. The van der Waals surface area contributed by atoms with Crippen LogP contribution < -0.4 is 18.3 Å². The first kappa shape index (κ1) is 73.6. The van der Waals surface area contributed by atoms with Crippen LogP contribution in [0.3, 0.4) is 0 Å². The Balaban J connectivity index is 0.000000125. The number of benzene rings is 4. The van der Waals surface area contributed by atoms with Crippen LogP contribution in [0.25, 0.3) is 133 Å². The van der Waals surface area contributed by atoms with Gasteiger partial charge in [0.25, 0.3) is 0 Å². The molecule has 12 aromatic heterocycles. The van der Waals surface area contributed by atoms with E-state index in [1.807, 2.05) is 13.0 Å². The van der Waals surface area contributed by atoms with Crippen molar-refractivity contribution in [2.45, 2.75) is 167 Å². The summed E-state index contributed by atoms with van der Waals surface area (Å²) in [5.41, 5.74) is 30.2. The van der Waals surface area contributed by atoms with Crippen molar-refractivity contribution in [2.75, 3.05) is 0 Å². The molecular formula is C94H104N8O4+4. The fourth-order valence-corrected chi connectivity index (χ4v) is 14.7. The molecule has 0 fully saturated rings. The zero-order valence-electron chi connectivity index (χ0n) is 66.3. The van der Waals surface area contributed by atoms with Gasteiger partial charge in [0.2, 0.25) is 45.6 Å². The lowest BCUT2D eigenvalue weighted by molar-refractivity contribution is -0.661. The third-order valence-electron chi connectivity index (χ3n) is 21.0. The maximum absolute atomic E-state index is 6.35. The smallest absolute Gasteiger partial charge is 0.227 e. The van der Waals surface area contributed by atoms with Gasteiger partial charge in [0.15, 0.2) is 47.1 Å². The number of hydrogen-bond acceptors (Lipinski definition) is 8. The average molecular weight is 1410 g/mol. The highest BCUT2D eigenvalue weighted by atomic mass is 16.4. The van der Waals surface area contributed by atoms with Crippen LogP contribution in [0.4, 0.5) is 0 Å². The topological polar surface area (TPSA) is 120 Å². The summed E-state index contributed by atoms with van der Waals surface area (Å²) in [5, 5.41) is 8.83. The minimum atomic E-state index is 0.380. The molecule has 0 atom stereocenters.